The number of phenolic OH excluding ortho intramolecular Hbond substituents is 2. The second-order valence-electron chi connectivity index (χ2n) is 3.99. The van der Waals surface area contributed by atoms with E-state index in [4.69, 9.17) is 10.5 Å². The fourth-order valence-corrected chi connectivity index (χ4v) is 1.72. The number of hydrogen-bond acceptors (Lipinski definition) is 5. The first kappa shape index (κ1) is 12.8. The Labute approximate surface area is 109 Å². The maximum Gasteiger partial charge on any atom is 0.200 e. The number of carbonyl (C=O) groups excluding carboxylic acids is 1. The molecule has 0 bridgehead atoms. The highest BCUT2D eigenvalue weighted by Crippen LogP contribution is 2.29. The van der Waals surface area contributed by atoms with Gasteiger partial charge in [0, 0.05) is 17.8 Å². The largest absolute Gasteiger partial charge is 0.507 e. The van der Waals surface area contributed by atoms with Crippen molar-refractivity contribution in [3.63, 3.8) is 0 Å². The molecule has 0 aliphatic carbocycles. The van der Waals surface area contributed by atoms with E-state index in [-0.39, 0.29) is 22.6 Å². The first-order valence-corrected chi connectivity index (χ1v) is 5.53. The third kappa shape index (κ3) is 2.44. The molecule has 0 unspecified atom stereocenters. The van der Waals surface area contributed by atoms with Crippen LogP contribution in [0.5, 0.6) is 17.2 Å². The molecule has 0 atom stereocenters. The summed E-state index contributed by atoms with van der Waals surface area (Å²) in [6.45, 7) is 0. The molecular weight excluding hydrogens is 246 g/mol. The molecule has 0 radical (unpaired) electrons. The van der Waals surface area contributed by atoms with E-state index in [0.29, 0.717) is 11.4 Å². The van der Waals surface area contributed by atoms with Gasteiger partial charge in [-0.25, -0.2) is 0 Å². The number of nitrogen functional groups attached to an aromatic ring is 1. The molecule has 98 valence electrons. The van der Waals surface area contributed by atoms with Crippen LogP contribution >= 0.6 is 0 Å². The van der Waals surface area contributed by atoms with E-state index in [1.807, 2.05) is 0 Å². The van der Waals surface area contributed by atoms with Gasteiger partial charge in [-0.2, -0.15) is 0 Å². The lowest BCUT2D eigenvalue weighted by atomic mass is 10.0. The van der Waals surface area contributed by atoms with Crippen molar-refractivity contribution in [3.05, 3.63) is 47.5 Å². The maximum atomic E-state index is 12.2. The molecule has 0 aliphatic rings. The summed E-state index contributed by atoms with van der Waals surface area (Å²) in [7, 11) is 1.46. The minimum atomic E-state index is -0.488. The van der Waals surface area contributed by atoms with Crippen LogP contribution in [0.1, 0.15) is 15.9 Å². The number of nitrogens with two attached hydrogens (primary N) is 1. The van der Waals surface area contributed by atoms with E-state index in [2.05, 4.69) is 0 Å². The number of benzene rings is 2. The second-order valence-corrected chi connectivity index (χ2v) is 3.99. The zero-order chi connectivity index (χ0) is 14.0. The van der Waals surface area contributed by atoms with E-state index >= 15 is 0 Å². The van der Waals surface area contributed by atoms with Crippen LogP contribution in [0.2, 0.25) is 0 Å². The number of methoxy groups -OCH3 is 1. The first-order valence-electron chi connectivity index (χ1n) is 5.53. The summed E-state index contributed by atoms with van der Waals surface area (Å²) in [5.74, 6) is -0.478. The summed E-state index contributed by atoms with van der Waals surface area (Å²) in [6.07, 6.45) is 0. The van der Waals surface area contributed by atoms with E-state index in [0.717, 1.165) is 0 Å². The highest BCUT2D eigenvalue weighted by atomic mass is 16.5. The fourth-order valence-electron chi connectivity index (χ4n) is 1.72. The second kappa shape index (κ2) is 4.89. The van der Waals surface area contributed by atoms with Crippen molar-refractivity contribution in [2.75, 3.05) is 12.8 Å². The molecule has 0 aromatic heterocycles. The lowest BCUT2D eigenvalue weighted by Gasteiger charge is -2.08. The molecular formula is C14H13NO4. The van der Waals surface area contributed by atoms with Crippen molar-refractivity contribution in [2.24, 2.45) is 0 Å². The molecule has 0 saturated heterocycles. The molecule has 4 N–H and O–H groups in total. The summed E-state index contributed by atoms with van der Waals surface area (Å²) >= 11 is 0. The van der Waals surface area contributed by atoms with Gasteiger partial charge in [-0.1, -0.05) is 0 Å². The van der Waals surface area contributed by atoms with Crippen LogP contribution in [0.3, 0.4) is 0 Å². The van der Waals surface area contributed by atoms with Crippen LogP contribution < -0.4 is 10.5 Å². The van der Waals surface area contributed by atoms with E-state index in [1.165, 1.54) is 37.4 Å². The highest BCUT2D eigenvalue weighted by molar-refractivity contribution is 6.12. The molecule has 2 rings (SSSR count). The smallest absolute Gasteiger partial charge is 0.200 e. The number of phenols is 2. The Balaban J connectivity index is 2.44. The Hall–Kier alpha value is -2.69. The van der Waals surface area contributed by atoms with Crippen molar-refractivity contribution >= 4 is 11.5 Å². The van der Waals surface area contributed by atoms with Crippen molar-refractivity contribution in [1.82, 2.24) is 0 Å². The number of ether oxygens (including phenoxy) is 1. The Bertz CT molecular complexity index is 637. The molecule has 0 aliphatic heterocycles. The Morgan fingerprint density at radius 1 is 1.05 bits per heavy atom. The van der Waals surface area contributed by atoms with Crippen LogP contribution in [0.25, 0.3) is 0 Å². The van der Waals surface area contributed by atoms with Crippen LogP contribution in [0.4, 0.5) is 5.69 Å². The molecule has 5 heteroatoms. The number of carbonyl (C=O) groups is 1. The minimum Gasteiger partial charge on any atom is -0.507 e. The van der Waals surface area contributed by atoms with Crippen molar-refractivity contribution in [2.45, 2.75) is 0 Å². The number of hydrogen-bond donors (Lipinski definition) is 3. The SMILES string of the molecule is COc1ccc(C(=O)c2ccc(N)cc2O)c(O)c1. The normalized spacial score (nSPS) is 10.2. The van der Waals surface area contributed by atoms with Crippen LogP contribution in [0.15, 0.2) is 36.4 Å². The van der Waals surface area contributed by atoms with Crippen LogP contribution in [-0.4, -0.2) is 23.1 Å². The number of aromatic hydroxyl groups is 2. The van der Waals surface area contributed by atoms with Gasteiger partial charge < -0.3 is 20.7 Å². The molecule has 5 nitrogen and oxygen atoms in total. The molecule has 0 fully saturated rings. The predicted molar refractivity (Wildman–Crippen MR) is 70.6 cm³/mol. The quantitative estimate of drug-likeness (QED) is 0.578. The average molecular weight is 259 g/mol. The van der Waals surface area contributed by atoms with Gasteiger partial charge in [-0.15, -0.1) is 0 Å². The molecule has 19 heavy (non-hydrogen) atoms. The zero-order valence-electron chi connectivity index (χ0n) is 10.3. The van der Waals surface area contributed by atoms with Crippen molar-refractivity contribution in [3.8, 4) is 17.2 Å². The van der Waals surface area contributed by atoms with E-state index < -0.39 is 5.78 Å². The zero-order valence-corrected chi connectivity index (χ0v) is 10.3. The van der Waals surface area contributed by atoms with Gasteiger partial charge in [0.25, 0.3) is 0 Å². The summed E-state index contributed by atoms with van der Waals surface area (Å²) in [5, 5.41) is 19.5. The third-order valence-electron chi connectivity index (χ3n) is 2.72. The minimum absolute atomic E-state index is 0.0784. The molecule has 0 heterocycles. The topological polar surface area (TPSA) is 92.8 Å². The van der Waals surface area contributed by atoms with Gasteiger partial charge >= 0.3 is 0 Å². The summed E-state index contributed by atoms with van der Waals surface area (Å²) in [4.78, 5) is 12.2. The summed E-state index contributed by atoms with van der Waals surface area (Å²) in [6, 6.07) is 8.53. The molecule has 0 spiro atoms. The monoisotopic (exact) mass is 259 g/mol. The number of anilines is 1. The molecule has 2 aromatic carbocycles. The van der Waals surface area contributed by atoms with Gasteiger partial charge in [0.15, 0.2) is 5.78 Å². The summed E-state index contributed by atoms with van der Waals surface area (Å²) in [5.41, 5.74) is 6.01. The lowest BCUT2D eigenvalue weighted by Crippen LogP contribution is -2.03. The Kier molecular flexibility index (Phi) is 3.29. The number of rotatable bonds is 3. The Morgan fingerprint density at radius 2 is 1.63 bits per heavy atom. The highest BCUT2D eigenvalue weighted by Gasteiger charge is 2.17. The fraction of sp³-hybridized carbons (Fsp3) is 0.0714. The number of ketones is 1. The predicted octanol–water partition coefficient (Wildman–Crippen LogP) is 1.92. The third-order valence-corrected chi connectivity index (χ3v) is 2.72. The standard InChI is InChI=1S/C14H13NO4/c1-19-9-3-5-11(13(17)7-9)14(18)10-4-2-8(15)6-12(10)16/h2-7,16-17H,15H2,1H3. The lowest BCUT2D eigenvalue weighted by molar-refractivity contribution is 0.103. The van der Waals surface area contributed by atoms with Gasteiger partial charge in [0.2, 0.25) is 0 Å². The summed E-state index contributed by atoms with van der Waals surface area (Å²) < 4.78 is 4.94. The molecule has 2 aromatic rings. The van der Waals surface area contributed by atoms with Gasteiger partial charge in [-0.3, -0.25) is 4.79 Å². The Morgan fingerprint density at radius 3 is 2.16 bits per heavy atom. The van der Waals surface area contributed by atoms with E-state index in [1.54, 1.807) is 6.07 Å². The van der Waals surface area contributed by atoms with E-state index in [9.17, 15) is 15.0 Å². The van der Waals surface area contributed by atoms with Gasteiger partial charge in [0.05, 0.1) is 18.2 Å². The maximum absolute atomic E-state index is 12.2. The van der Waals surface area contributed by atoms with Gasteiger partial charge in [-0.05, 0) is 24.3 Å². The average Bonchev–Trinajstić information content (AvgIpc) is 2.37. The van der Waals surface area contributed by atoms with Gasteiger partial charge in [0.1, 0.15) is 17.2 Å². The van der Waals surface area contributed by atoms with Crippen LogP contribution in [0, 0.1) is 0 Å². The van der Waals surface area contributed by atoms with Crippen molar-refractivity contribution in [1.29, 1.82) is 0 Å². The first-order chi connectivity index (χ1) is 9.02. The molecule has 0 saturated carbocycles. The van der Waals surface area contributed by atoms with Crippen molar-refractivity contribution < 1.29 is 19.7 Å². The van der Waals surface area contributed by atoms with Crippen LogP contribution in [-0.2, 0) is 0 Å². The molecule has 0 amide bonds.